The number of carbonyl (C=O) groups is 1. The van der Waals surface area contributed by atoms with Gasteiger partial charge in [-0.3, -0.25) is 4.90 Å². The largest absolute Gasteiger partial charge is 0.494 e. The molecule has 0 fully saturated rings. The fraction of sp³-hybridized carbons (Fsp3) is 0.409. The third-order valence-corrected chi connectivity index (χ3v) is 4.22. The van der Waals surface area contributed by atoms with E-state index in [-0.39, 0.29) is 11.4 Å². The number of urea groups is 1. The zero-order chi connectivity index (χ0) is 19.0. The first-order valence-electron chi connectivity index (χ1n) is 9.25. The average Bonchev–Trinajstić information content (AvgIpc) is 2.62. The van der Waals surface area contributed by atoms with Crippen molar-refractivity contribution in [1.82, 2.24) is 5.32 Å². The Bertz CT molecular complexity index is 676. The van der Waals surface area contributed by atoms with Crippen molar-refractivity contribution in [3.05, 3.63) is 60.2 Å². The second kappa shape index (κ2) is 9.27. The van der Waals surface area contributed by atoms with Crippen LogP contribution in [0.25, 0.3) is 0 Å². The Morgan fingerprint density at radius 3 is 2.27 bits per heavy atom. The number of hydrogen-bond acceptors (Lipinski definition) is 2. The van der Waals surface area contributed by atoms with Crippen molar-refractivity contribution in [1.29, 1.82) is 0 Å². The van der Waals surface area contributed by atoms with Crippen LogP contribution in [0.15, 0.2) is 54.6 Å². The van der Waals surface area contributed by atoms with Crippen LogP contribution in [0.5, 0.6) is 5.75 Å². The van der Waals surface area contributed by atoms with Crippen LogP contribution in [0.3, 0.4) is 0 Å². The van der Waals surface area contributed by atoms with Gasteiger partial charge in [0, 0.05) is 18.8 Å². The molecular weight excluding hydrogens is 324 g/mol. The monoisotopic (exact) mass is 354 g/mol. The van der Waals surface area contributed by atoms with Gasteiger partial charge in [0.2, 0.25) is 0 Å². The van der Waals surface area contributed by atoms with E-state index in [1.807, 2.05) is 49.4 Å². The van der Waals surface area contributed by atoms with Crippen LogP contribution in [0.1, 0.15) is 39.7 Å². The van der Waals surface area contributed by atoms with E-state index >= 15 is 0 Å². The first kappa shape index (κ1) is 19.8. The number of rotatable bonds is 7. The molecule has 0 saturated carbocycles. The number of hydrogen-bond donors (Lipinski definition) is 1. The molecule has 0 heterocycles. The quantitative estimate of drug-likeness (QED) is 0.712. The van der Waals surface area contributed by atoms with E-state index in [9.17, 15) is 4.79 Å². The smallest absolute Gasteiger partial charge is 0.321 e. The number of anilines is 1. The van der Waals surface area contributed by atoms with Gasteiger partial charge < -0.3 is 10.1 Å². The minimum Gasteiger partial charge on any atom is -0.494 e. The maximum absolute atomic E-state index is 12.3. The molecule has 4 nitrogen and oxygen atoms in total. The molecule has 0 atom stereocenters. The lowest BCUT2D eigenvalue weighted by Gasteiger charge is -2.21. The van der Waals surface area contributed by atoms with Crippen molar-refractivity contribution in [3.63, 3.8) is 0 Å². The van der Waals surface area contributed by atoms with E-state index in [0.29, 0.717) is 19.7 Å². The van der Waals surface area contributed by atoms with Crippen LogP contribution in [0, 0.1) is 0 Å². The predicted octanol–water partition coefficient (Wildman–Crippen LogP) is 4.99. The Kier molecular flexibility index (Phi) is 7.07. The fourth-order valence-corrected chi connectivity index (χ4v) is 2.66. The summed E-state index contributed by atoms with van der Waals surface area (Å²) in [6, 6.07) is 17.8. The fourth-order valence-electron chi connectivity index (χ4n) is 2.66. The summed E-state index contributed by atoms with van der Waals surface area (Å²) in [4.78, 5) is 14.0. The number of para-hydroxylation sites is 1. The lowest BCUT2D eigenvalue weighted by molar-refractivity contribution is 0.244. The number of nitrogens with zero attached hydrogens (tertiary/aromatic N) is 1. The van der Waals surface area contributed by atoms with Crippen molar-refractivity contribution >= 4 is 11.7 Å². The highest BCUT2D eigenvalue weighted by Crippen LogP contribution is 2.24. The Morgan fingerprint density at radius 2 is 1.69 bits per heavy atom. The average molecular weight is 354 g/mol. The molecule has 4 heteroatoms. The van der Waals surface area contributed by atoms with E-state index in [1.54, 1.807) is 4.90 Å². The highest BCUT2D eigenvalue weighted by Gasteiger charge is 2.13. The summed E-state index contributed by atoms with van der Waals surface area (Å²) in [6.45, 7) is 10.3. The molecular formula is C22H30N2O2. The molecule has 0 bridgehead atoms. The minimum atomic E-state index is -0.0757. The van der Waals surface area contributed by atoms with Gasteiger partial charge in [0.1, 0.15) is 5.75 Å². The Morgan fingerprint density at radius 1 is 1.04 bits per heavy atom. The zero-order valence-electron chi connectivity index (χ0n) is 16.3. The molecule has 0 aromatic heterocycles. The molecule has 0 spiro atoms. The summed E-state index contributed by atoms with van der Waals surface area (Å²) in [5.41, 5.74) is 2.34. The SMILES string of the molecule is CCN(C(=O)NCCCOc1ccc(C(C)(C)C)cc1)c1ccccc1. The highest BCUT2D eigenvalue weighted by atomic mass is 16.5. The van der Waals surface area contributed by atoms with E-state index < -0.39 is 0 Å². The maximum Gasteiger partial charge on any atom is 0.321 e. The van der Waals surface area contributed by atoms with Crippen LogP contribution >= 0.6 is 0 Å². The molecule has 2 aromatic carbocycles. The van der Waals surface area contributed by atoms with Crippen LogP contribution in [-0.4, -0.2) is 25.7 Å². The summed E-state index contributed by atoms with van der Waals surface area (Å²) >= 11 is 0. The first-order valence-corrected chi connectivity index (χ1v) is 9.25. The lowest BCUT2D eigenvalue weighted by Crippen LogP contribution is -2.40. The van der Waals surface area contributed by atoms with Crippen LogP contribution in [0.4, 0.5) is 10.5 Å². The van der Waals surface area contributed by atoms with Crippen molar-refractivity contribution in [3.8, 4) is 5.75 Å². The number of ether oxygens (including phenoxy) is 1. The maximum atomic E-state index is 12.3. The summed E-state index contributed by atoms with van der Waals surface area (Å²) < 4.78 is 5.76. The molecule has 0 radical (unpaired) electrons. The predicted molar refractivity (Wildman–Crippen MR) is 108 cm³/mol. The second-order valence-corrected chi connectivity index (χ2v) is 7.29. The third-order valence-electron chi connectivity index (χ3n) is 4.22. The first-order chi connectivity index (χ1) is 12.4. The molecule has 1 N–H and O–H groups in total. The number of benzene rings is 2. The van der Waals surface area contributed by atoms with Gasteiger partial charge >= 0.3 is 6.03 Å². The van der Waals surface area contributed by atoms with Gasteiger partial charge in [0.25, 0.3) is 0 Å². The van der Waals surface area contributed by atoms with Gasteiger partial charge in [-0.05, 0) is 48.6 Å². The molecule has 2 rings (SSSR count). The zero-order valence-corrected chi connectivity index (χ0v) is 16.3. The number of nitrogens with one attached hydrogen (secondary N) is 1. The van der Waals surface area contributed by atoms with Gasteiger partial charge in [-0.2, -0.15) is 0 Å². The van der Waals surface area contributed by atoms with E-state index in [0.717, 1.165) is 17.9 Å². The third kappa shape index (κ3) is 5.80. The standard InChI is InChI=1S/C22H30N2O2/c1-5-24(19-10-7-6-8-11-19)21(25)23-16-9-17-26-20-14-12-18(13-15-20)22(2,3)4/h6-8,10-15H,5,9,16-17H2,1-4H3,(H,23,25). The van der Waals surface area contributed by atoms with Crippen molar-refractivity contribution in [2.75, 3.05) is 24.6 Å². The van der Waals surface area contributed by atoms with Gasteiger partial charge in [0.05, 0.1) is 6.61 Å². The molecule has 2 amide bonds. The Labute approximate surface area is 157 Å². The second-order valence-electron chi connectivity index (χ2n) is 7.29. The van der Waals surface area contributed by atoms with Gasteiger partial charge in [0.15, 0.2) is 0 Å². The van der Waals surface area contributed by atoms with E-state index in [4.69, 9.17) is 4.74 Å². The molecule has 0 unspecified atom stereocenters. The minimum absolute atomic E-state index is 0.0757. The van der Waals surface area contributed by atoms with Gasteiger partial charge in [-0.15, -0.1) is 0 Å². The highest BCUT2D eigenvalue weighted by molar-refractivity contribution is 5.91. The summed E-state index contributed by atoms with van der Waals surface area (Å²) in [6.07, 6.45) is 0.763. The Balaban J connectivity index is 1.72. The normalized spacial score (nSPS) is 11.1. The van der Waals surface area contributed by atoms with E-state index in [2.05, 4.69) is 38.2 Å². The summed E-state index contributed by atoms with van der Waals surface area (Å²) in [5.74, 6) is 0.865. The van der Waals surface area contributed by atoms with E-state index in [1.165, 1.54) is 5.56 Å². The molecule has 0 aliphatic heterocycles. The summed E-state index contributed by atoms with van der Waals surface area (Å²) in [7, 11) is 0. The molecule has 0 saturated heterocycles. The van der Waals surface area contributed by atoms with Crippen LogP contribution < -0.4 is 15.0 Å². The topological polar surface area (TPSA) is 41.6 Å². The molecule has 140 valence electrons. The van der Waals surface area contributed by atoms with Crippen LogP contribution in [-0.2, 0) is 5.41 Å². The van der Waals surface area contributed by atoms with Gasteiger partial charge in [-0.1, -0.05) is 51.1 Å². The summed E-state index contributed by atoms with van der Waals surface area (Å²) in [5, 5.41) is 2.95. The number of amides is 2. The molecule has 0 aliphatic rings. The Hall–Kier alpha value is -2.49. The number of carbonyl (C=O) groups excluding carboxylic acids is 1. The molecule has 26 heavy (non-hydrogen) atoms. The molecule has 2 aromatic rings. The lowest BCUT2D eigenvalue weighted by atomic mass is 9.87. The van der Waals surface area contributed by atoms with Crippen molar-refractivity contribution in [2.24, 2.45) is 0 Å². The van der Waals surface area contributed by atoms with Crippen LogP contribution in [0.2, 0.25) is 0 Å². The van der Waals surface area contributed by atoms with Gasteiger partial charge in [-0.25, -0.2) is 4.79 Å². The van der Waals surface area contributed by atoms with Crippen molar-refractivity contribution in [2.45, 2.75) is 39.5 Å². The van der Waals surface area contributed by atoms with Crippen molar-refractivity contribution < 1.29 is 9.53 Å². The molecule has 0 aliphatic carbocycles.